The first kappa shape index (κ1) is 15.0. The molecule has 1 aromatic rings. The van der Waals surface area contributed by atoms with Crippen molar-refractivity contribution in [3.8, 4) is 0 Å². The zero-order valence-electron chi connectivity index (χ0n) is 10.1. The lowest BCUT2D eigenvalue weighted by Gasteiger charge is -2.09. The van der Waals surface area contributed by atoms with Crippen LogP contribution in [0.5, 0.6) is 0 Å². The summed E-state index contributed by atoms with van der Waals surface area (Å²) >= 11 is 0. The van der Waals surface area contributed by atoms with Crippen molar-refractivity contribution in [1.29, 1.82) is 0 Å². The number of aromatic nitrogens is 1. The van der Waals surface area contributed by atoms with E-state index < -0.39 is 28.8 Å². The Hall–Kier alpha value is -2.09. The number of carbonyl (C=O) groups excluding carboxylic acids is 1. The molecule has 0 aliphatic heterocycles. The van der Waals surface area contributed by atoms with Crippen LogP contribution in [0, 0.1) is 13.8 Å². The summed E-state index contributed by atoms with van der Waals surface area (Å²) in [4.78, 5) is 25.5. The van der Waals surface area contributed by atoms with Gasteiger partial charge in [0.2, 0.25) is 0 Å². The molecule has 8 heteroatoms. The second kappa shape index (κ2) is 5.27. The lowest BCUT2D eigenvalue weighted by atomic mass is 10.1. The average Bonchev–Trinajstić information content (AvgIpc) is 2.22. The van der Waals surface area contributed by atoms with E-state index in [1.165, 1.54) is 13.0 Å². The largest absolute Gasteiger partial charge is 0.433 e. The molecule has 5 nitrogen and oxygen atoms in total. The number of halogens is 3. The third-order valence-corrected chi connectivity index (χ3v) is 2.31. The highest BCUT2D eigenvalue weighted by Gasteiger charge is 2.34. The van der Waals surface area contributed by atoms with Crippen LogP contribution in [0.15, 0.2) is 22.6 Å². The van der Waals surface area contributed by atoms with Crippen LogP contribution >= 0.6 is 0 Å². The molecule has 0 saturated heterocycles. The summed E-state index contributed by atoms with van der Waals surface area (Å²) < 4.78 is 37.0. The first-order chi connectivity index (χ1) is 8.66. The Balaban J connectivity index is 3.30. The smallest absolute Gasteiger partial charge is 0.326 e. The summed E-state index contributed by atoms with van der Waals surface area (Å²) in [6.45, 7) is 3.01. The highest BCUT2D eigenvalue weighted by atomic mass is 19.4. The van der Waals surface area contributed by atoms with Gasteiger partial charge in [-0.05, 0) is 25.5 Å². The fourth-order valence-electron chi connectivity index (χ4n) is 1.54. The molecule has 1 aromatic heterocycles. The van der Waals surface area contributed by atoms with E-state index in [9.17, 15) is 22.8 Å². The minimum absolute atomic E-state index is 0.132. The number of hydrogen-bond acceptors (Lipinski definition) is 4. The fourth-order valence-corrected chi connectivity index (χ4v) is 1.54. The van der Waals surface area contributed by atoms with Gasteiger partial charge in [-0.15, -0.1) is 0 Å². The highest BCUT2D eigenvalue weighted by molar-refractivity contribution is 6.05. The molecular formula is C11H11F3N2O3. The second-order valence-electron chi connectivity index (χ2n) is 3.87. The van der Waals surface area contributed by atoms with E-state index >= 15 is 0 Å². The number of hydroxylamine groups is 1. The first-order valence-corrected chi connectivity index (χ1v) is 5.10. The predicted molar refractivity (Wildman–Crippen MR) is 59.9 cm³/mol. The van der Waals surface area contributed by atoms with Gasteiger partial charge in [-0.1, -0.05) is 0 Å². The van der Waals surface area contributed by atoms with Crippen LogP contribution < -0.4 is 11.0 Å². The van der Waals surface area contributed by atoms with Gasteiger partial charge in [0.1, 0.15) is 5.70 Å². The SMILES string of the molecule is Cc1cc(C)c(C(=O)/C=C(\NO)C(F)(F)F)c(=O)[nH]1. The number of alkyl halides is 3. The highest BCUT2D eigenvalue weighted by Crippen LogP contribution is 2.23. The topological polar surface area (TPSA) is 82.2 Å². The molecule has 0 fully saturated rings. The second-order valence-corrected chi connectivity index (χ2v) is 3.87. The van der Waals surface area contributed by atoms with Crippen molar-refractivity contribution < 1.29 is 23.2 Å². The molecule has 0 bridgehead atoms. The van der Waals surface area contributed by atoms with Crippen LogP contribution in [0.1, 0.15) is 21.6 Å². The molecule has 0 amide bonds. The number of allylic oxidation sites excluding steroid dienone is 2. The van der Waals surface area contributed by atoms with Gasteiger partial charge in [-0.3, -0.25) is 20.3 Å². The summed E-state index contributed by atoms with van der Waals surface area (Å²) in [7, 11) is 0. The van der Waals surface area contributed by atoms with Crippen molar-refractivity contribution in [3.63, 3.8) is 0 Å². The van der Waals surface area contributed by atoms with Crippen LogP contribution in [0.4, 0.5) is 13.2 Å². The van der Waals surface area contributed by atoms with Gasteiger partial charge in [-0.2, -0.15) is 13.2 Å². The van der Waals surface area contributed by atoms with E-state index in [1.807, 2.05) is 0 Å². The molecule has 1 heterocycles. The van der Waals surface area contributed by atoms with E-state index in [2.05, 4.69) is 4.98 Å². The first-order valence-electron chi connectivity index (χ1n) is 5.10. The number of ketones is 1. The maximum atomic E-state index is 12.3. The Kier molecular flexibility index (Phi) is 4.15. The molecule has 0 aliphatic carbocycles. The van der Waals surface area contributed by atoms with E-state index in [1.54, 1.807) is 6.92 Å². The number of hydrogen-bond donors (Lipinski definition) is 3. The molecule has 0 radical (unpaired) electrons. The standard InChI is InChI=1S/C11H11F3N2O3/c1-5-3-6(2)15-10(18)9(5)7(17)4-8(16-19)11(12,13)14/h3-4,16,19H,1-2H3,(H,15,18)/b8-4-. The molecule has 0 aliphatic rings. The van der Waals surface area contributed by atoms with E-state index in [0.29, 0.717) is 5.69 Å². The number of nitrogens with one attached hydrogen (secondary N) is 2. The number of aryl methyl sites for hydroxylation is 2. The Bertz CT molecular complexity index is 588. The maximum Gasteiger partial charge on any atom is 0.433 e. The minimum atomic E-state index is -4.92. The van der Waals surface area contributed by atoms with Crippen molar-refractivity contribution in [1.82, 2.24) is 10.5 Å². The minimum Gasteiger partial charge on any atom is -0.326 e. The van der Waals surface area contributed by atoms with Gasteiger partial charge in [-0.25, -0.2) is 0 Å². The van der Waals surface area contributed by atoms with E-state index in [-0.39, 0.29) is 11.6 Å². The van der Waals surface area contributed by atoms with Gasteiger partial charge in [0.15, 0.2) is 5.78 Å². The van der Waals surface area contributed by atoms with Gasteiger partial charge >= 0.3 is 6.18 Å². The Morgan fingerprint density at radius 2 is 2.00 bits per heavy atom. The van der Waals surface area contributed by atoms with E-state index in [0.717, 1.165) is 5.48 Å². The van der Waals surface area contributed by atoms with Crippen LogP contribution in [0.25, 0.3) is 0 Å². The van der Waals surface area contributed by atoms with Crippen LogP contribution in [-0.4, -0.2) is 22.2 Å². The van der Waals surface area contributed by atoms with Crippen molar-refractivity contribution in [2.24, 2.45) is 0 Å². The van der Waals surface area contributed by atoms with Gasteiger partial charge in [0, 0.05) is 11.8 Å². The van der Waals surface area contributed by atoms with Crippen LogP contribution in [0.3, 0.4) is 0 Å². The van der Waals surface area contributed by atoms with Crippen LogP contribution in [0.2, 0.25) is 0 Å². The van der Waals surface area contributed by atoms with Crippen molar-refractivity contribution in [3.05, 3.63) is 45.0 Å². The number of pyridine rings is 1. The molecule has 0 saturated carbocycles. The number of H-pyrrole nitrogens is 1. The lowest BCUT2D eigenvalue weighted by molar-refractivity contribution is -0.108. The Morgan fingerprint density at radius 1 is 1.42 bits per heavy atom. The average molecular weight is 276 g/mol. The zero-order valence-corrected chi connectivity index (χ0v) is 10.1. The summed E-state index contributed by atoms with van der Waals surface area (Å²) in [5.74, 6) is -1.15. The normalized spacial score (nSPS) is 12.4. The molecule has 0 spiro atoms. The monoisotopic (exact) mass is 276 g/mol. The molecule has 0 unspecified atom stereocenters. The Labute approximate surface area is 105 Å². The van der Waals surface area contributed by atoms with Crippen molar-refractivity contribution in [2.75, 3.05) is 0 Å². The lowest BCUT2D eigenvalue weighted by Crippen LogP contribution is -2.26. The maximum absolute atomic E-state index is 12.3. The predicted octanol–water partition coefficient (Wildman–Crippen LogP) is 1.60. The molecule has 0 atom stereocenters. The van der Waals surface area contributed by atoms with Gasteiger partial charge in [0.05, 0.1) is 5.56 Å². The Morgan fingerprint density at radius 3 is 2.42 bits per heavy atom. The third kappa shape index (κ3) is 3.44. The number of rotatable bonds is 3. The molecular weight excluding hydrogens is 265 g/mol. The van der Waals surface area contributed by atoms with Gasteiger partial charge in [0.25, 0.3) is 5.56 Å². The molecule has 0 aromatic carbocycles. The molecule has 19 heavy (non-hydrogen) atoms. The quantitative estimate of drug-likeness (QED) is 0.445. The summed E-state index contributed by atoms with van der Waals surface area (Å²) in [5.41, 5.74) is -1.19. The number of carbonyl (C=O) groups is 1. The molecule has 3 N–H and O–H groups in total. The van der Waals surface area contributed by atoms with Gasteiger partial charge < -0.3 is 4.98 Å². The van der Waals surface area contributed by atoms with Crippen molar-refractivity contribution >= 4 is 5.78 Å². The van der Waals surface area contributed by atoms with Crippen LogP contribution in [-0.2, 0) is 0 Å². The third-order valence-electron chi connectivity index (χ3n) is 2.31. The molecule has 1 rings (SSSR count). The fraction of sp³-hybridized carbons (Fsp3) is 0.273. The summed E-state index contributed by atoms with van der Waals surface area (Å²) in [6, 6.07) is 1.46. The van der Waals surface area contributed by atoms with Crippen molar-refractivity contribution in [2.45, 2.75) is 20.0 Å². The molecule has 104 valence electrons. The zero-order chi connectivity index (χ0) is 14.8. The summed E-state index contributed by atoms with van der Waals surface area (Å²) in [6.07, 6.45) is -4.79. The van der Waals surface area contributed by atoms with E-state index in [4.69, 9.17) is 5.21 Å². The summed E-state index contributed by atoms with van der Waals surface area (Å²) in [5, 5.41) is 8.36. The number of aromatic amines is 1.